The van der Waals surface area contributed by atoms with Gasteiger partial charge in [0.1, 0.15) is 5.75 Å². The Bertz CT molecular complexity index is 834. The Morgan fingerprint density at radius 2 is 2.27 bits per heavy atom. The van der Waals surface area contributed by atoms with Gasteiger partial charge < -0.3 is 15.8 Å². The van der Waals surface area contributed by atoms with E-state index in [2.05, 4.69) is 10.4 Å². The molecule has 2 heterocycles. The van der Waals surface area contributed by atoms with Crippen LogP contribution >= 0.6 is 11.6 Å². The van der Waals surface area contributed by atoms with Gasteiger partial charge in [0.15, 0.2) is 6.61 Å². The third-order valence-corrected chi connectivity index (χ3v) is 4.76. The molecule has 0 spiro atoms. The van der Waals surface area contributed by atoms with Gasteiger partial charge in [0.2, 0.25) is 0 Å². The summed E-state index contributed by atoms with van der Waals surface area (Å²) in [5, 5.41) is 7.70. The molecule has 3 rings (SSSR count). The predicted octanol–water partition coefficient (Wildman–Crippen LogP) is 1.70. The molecule has 2 amide bonds. The van der Waals surface area contributed by atoms with Crippen LogP contribution in [-0.4, -0.2) is 34.7 Å². The number of primary amides is 1. The number of carbonyl (C=O) groups excluding carboxylic acids is 2. The monoisotopic (exact) mass is 376 g/mol. The van der Waals surface area contributed by atoms with E-state index in [1.807, 2.05) is 11.6 Å². The first-order valence-corrected chi connectivity index (χ1v) is 8.82. The quantitative estimate of drug-likeness (QED) is 0.801. The molecule has 138 valence electrons. The number of aromatic nitrogens is 2. The molecule has 0 unspecified atom stereocenters. The zero-order valence-corrected chi connectivity index (χ0v) is 15.3. The van der Waals surface area contributed by atoms with Gasteiger partial charge in [0, 0.05) is 18.1 Å². The lowest BCUT2D eigenvalue weighted by Gasteiger charge is -2.24. The Hall–Kier alpha value is -2.54. The van der Waals surface area contributed by atoms with Gasteiger partial charge >= 0.3 is 0 Å². The molecule has 26 heavy (non-hydrogen) atoms. The molecule has 0 radical (unpaired) electrons. The number of carbonyl (C=O) groups is 2. The molecule has 2 aromatic rings. The van der Waals surface area contributed by atoms with Crippen LogP contribution in [0.15, 0.2) is 24.4 Å². The van der Waals surface area contributed by atoms with Crippen molar-refractivity contribution in [2.45, 2.75) is 26.3 Å². The van der Waals surface area contributed by atoms with Gasteiger partial charge in [-0.2, -0.15) is 5.10 Å². The van der Waals surface area contributed by atoms with E-state index in [0.717, 1.165) is 17.7 Å². The highest BCUT2D eigenvalue weighted by molar-refractivity contribution is 6.30. The maximum atomic E-state index is 12.1. The molecule has 0 saturated heterocycles. The fourth-order valence-electron chi connectivity index (χ4n) is 3.11. The first-order chi connectivity index (χ1) is 12.4. The molecule has 8 heteroatoms. The maximum Gasteiger partial charge on any atom is 0.257 e. The van der Waals surface area contributed by atoms with E-state index in [1.54, 1.807) is 18.2 Å². The van der Waals surface area contributed by atoms with Gasteiger partial charge in [0.25, 0.3) is 11.8 Å². The number of hydrogen-bond donors (Lipinski definition) is 2. The van der Waals surface area contributed by atoms with E-state index in [-0.39, 0.29) is 18.4 Å². The number of amides is 2. The van der Waals surface area contributed by atoms with Crippen molar-refractivity contribution in [3.05, 3.63) is 46.2 Å². The van der Waals surface area contributed by atoms with Gasteiger partial charge in [-0.05, 0) is 49.4 Å². The Balaban J connectivity index is 1.49. The molecule has 1 aliphatic rings. The Morgan fingerprint density at radius 1 is 1.46 bits per heavy atom. The van der Waals surface area contributed by atoms with Crippen molar-refractivity contribution in [1.82, 2.24) is 15.1 Å². The number of rotatable bonds is 6. The number of benzene rings is 1. The minimum atomic E-state index is -0.470. The van der Waals surface area contributed by atoms with E-state index in [1.165, 1.54) is 6.20 Å². The van der Waals surface area contributed by atoms with Crippen molar-refractivity contribution < 1.29 is 14.3 Å². The van der Waals surface area contributed by atoms with Crippen molar-refractivity contribution in [3.63, 3.8) is 0 Å². The SMILES string of the molecule is Cc1cc(Cl)ccc1OCC(=O)NC[C@H]1CCn2ncc(C(N)=O)c2C1. The van der Waals surface area contributed by atoms with Gasteiger partial charge in [-0.1, -0.05) is 11.6 Å². The number of fused-ring (bicyclic) bond motifs is 1. The molecule has 0 fully saturated rings. The second-order valence-corrected chi connectivity index (χ2v) is 6.89. The normalized spacial score (nSPS) is 16.0. The van der Waals surface area contributed by atoms with Gasteiger partial charge in [-0.3, -0.25) is 14.3 Å². The first-order valence-electron chi connectivity index (χ1n) is 8.44. The smallest absolute Gasteiger partial charge is 0.257 e. The number of aryl methyl sites for hydroxylation is 2. The highest BCUT2D eigenvalue weighted by Gasteiger charge is 2.24. The van der Waals surface area contributed by atoms with E-state index in [4.69, 9.17) is 22.1 Å². The summed E-state index contributed by atoms with van der Waals surface area (Å²) >= 11 is 5.90. The van der Waals surface area contributed by atoms with E-state index >= 15 is 0 Å². The van der Waals surface area contributed by atoms with Crippen molar-refractivity contribution in [1.29, 1.82) is 0 Å². The summed E-state index contributed by atoms with van der Waals surface area (Å²) < 4.78 is 7.35. The largest absolute Gasteiger partial charge is 0.484 e. The molecule has 0 aliphatic carbocycles. The number of nitrogens with two attached hydrogens (primary N) is 1. The Kier molecular flexibility index (Phi) is 5.46. The van der Waals surface area contributed by atoms with Crippen LogP contribution in [0.4, 0.5) is 0 Å². The highest BCUT2D eigenvalue weighted by Crippen LogP contribution is 2.23. The number of nitrogens with zero attached hydrogens (tertiary/aromatic N) is 2. The van der Waals surface area contributed by atoms with Crippen molar-refractivity contribution in [3.8, 4) is 5.75 Å². The topological polar surface area (TPSA) is 99.2 Å². The third-order valence-electron chi connectivity index (χ3n) is 4.53. The maximum absolute atomic E-state index is 12.1. The minimum absolute atomic E-state index is 0.0559. The van der Waals surface area contributed by atoms with Crippen LogP contribution in [-0.2, 0) is 17.8 Å². The molecule has 3 N–H and O–H groups in total. The Morgan fingerprint density at radius 3 is 3.00 bits per heavy atom. The second-order valence-electron chi connectivity index (χ2n) is 6.45. The predicted molar refractivity (Wildman–Crippen MR) is 97.2 cm³/mol. The molecule has 1 aliphatic heterocycles. The lowest BCUT2D eigenvalue weighted by Crippen LogP contribution is -2.36. The standard InChI is InChI=1S/C18H21ClN4O3/c1-11-6-13(19)2-3-16(11)26-10-17(24)21-8-12-4-5-23-15(7-12)14(9-22-23)18(20)25/h2-3,6,9,12H,4-5,7-8,10H2,1H3,(H2,20,25)(H,21,24)/t12-/m0/s1. The van der Waals surface area contributed by atoms with Crippen LogP contribution in [0.5, 0.6) is 5.75 Å². The van der Waals surface area contributed by atoms with Crippen LogP contribution in [0.2, 0.25) is 5.02 Å². The number of ether oxygens (including phenoxy) is 1. The zero-order chi connectivity index (χ0) is 18.7. The Labute approximate surface area is 156 Å². The molecular weight excluding hydrogens is 356 g/mol. The number of halogens is 1. The van der Waals surface area contributed by atoms with Crippen LogP contribution in [0.25, 0.3) is 0 Å². The summed E-state index contributed by atoms with van der Waals surface area (Å²) in [6.07, 6.45) is 3.06. The van der Waals surface area contributed by atoms with Crippen molar-refractivity contribution >= 4 is 23.4 Å². The average molecular weight is 377 g/mol. The molecule has 0 saturated carbocycles. The summed E-state index contributed by atoms with van der Waals surface area (Å²) in [6.45, 7) is 3.05. The van der Waals surface area contributed by atoms with Gasteiger partial charge in [-0.25, -0.2) is 0 Å². The lowest BCUT2D eigenvalue weighted by atomic mass is 9.94. The van der Waals surface area contributed by atoms with E-state index < -0.39 is 5.91 Å². The molecule has 7 nitrogen and oxygen atoms in total. The summed E-state index contributed by atoms with van der Waals surface area (Å²) in [5.74, 6) is 0.215. The van der Waals surface area contributed by atoms with E-state index in [9.17, 15) is 9.59 Å². The molecular formula is C18H21ClN4O3. The fourth-order valence-corrected chi connectivity index (χ4v) is 3.33. The van der Waals surface area contributed by atoms with Crippen LogP contribution in [0, 0.1) is 12.8 Å². The summed E-state index contributed by atoms with van der Waals surface area (Å²) in [7, 11) is 0. The molecule has 0 bridgehead atoms. The highest BCUT2D eigenvalue weighted by atomic mass is 35.5. The van der Waals surface area contributed by atoms with Gasteiger partial charge in [-0.15, -0.1) is 0 Å². The second kappa shape index (κ2) is 7.78. The summed E-state index contributed by atoms with van der Waals surface area (Å²) in [6, 6.07) is 5.26. The first kappa shape index (κ1) is 18.3. The zero-order valence-electron chi connectivity index (χ0n) is 14.5. The molecule has 1 aromatic heterocycles. The number of hydrogen-bond acceptors (Lipinski definition) is 4. The number of nitrogens with one attached hydrogen (secondary N) is 1. The van der Waals surface area contributed by atoms with Gasteiger partial charge in [0.05, 0.1) is 17.5 Å². The minimum Gasteiger partial charge on any atom is -0.484 e. The molecule has 1 atom stereocenters. The summed E-state index contributed by atoms with van der Waals surface area (Å²) in [5.41, 5.74) is 7.56. The lowest BCUT2D eigenvalue weighted by molar-refractivity contribution is -0.123. The summed E-state index contributed by atoms with van der Waals surface area (Å²) in [4.78, 5) is 23.5. The van der Waals surface area contributed by atoms with Crippen LogP contribution < -0.4 is 15.8 Å². The van der Waals surface area contributed by atoms with Crippen molar-refractivity contribution in [2.24, 2.45) is 11.7 Å². The van der Waals surface area contributed by atoms with Crippen molar-refractivity contribution in [2.75, 3.05) is 13.2 Å². The van der Waals surface area contributed by atoms with Crippen LogP contribution in [0.3, 0.4) is 0 Å². The fraction of sp³-hybridized carbons (Fsp3) is 0.389. The average Bonchev–Trinajstić information content (AvgIpc) is 3.02. The molecule has 1 aromatic carbocycles. The third kappa shape index (κ3) is 4.16. The van der Waals surface area contributed by atoms with E-state index in [0.29, 0.717) is 35.8 Å². The van der Waals surface area contributed by atoms with Crippen LogP contribution in [0.1, 0.15) is 28.0 Å².